The Labute approximate surface area is 185 Å². The summed E-state index contributed by atoms with van der Waals surface area (Å²) in [4.78, 5) is 14.4. The SMILES string of the molecule is Cc1cccnc1F.Cc1ccncc1F.Cc1cnccc1F.Cc1ncccc1F. The molecule has 32 heavy (non-hydrogen) atoms. The highest BCUT2D eigenvalue weighted by molar-refractivity contribution is 5.09. The Morgan fingerprint density at radius 3 is 1.53 bits per heavy atom. The highest BCUT2D eigenvalue weighted by Crippen LogP contribution is 2.01. The summed E-state index contributed by atoms with van der Waals surface area (Å²) in [5.74, 6) is -1.06. The van der Waals surface area contributed by atoms with Gasteiger partial charge in [-0.15, -0.1) is 0 Å². The molecule has 168 valence electrons. The van der Waals surface area contributed by atoms with E-state index in [1.807, 2.05) is 0 Å². The molecular formula is C24H24F4N4. The molecule has 4 aromatic rings. The van der Waals surface area contributed by atoms with Crippen LogP contribution in [0.1, 0.15) is 22.4 Å². The van der Waals surface area contributed by atoms with Crippen LogP contribution in [-0.4, -0.2) is 19.9 Å². The van der Waals surface area contributed by atoms with Crippen LogP contribution in [0, 0.1) is 51.1 Å². The Kier molecular flexibility index (Phi) is 11.8. The van der Waals surface area contributed by atoms with Gasteiger partial charge >= 0.3 is 0 Å². The van der Waals surface area contributed by atoms with E-state index >= 15 is 0 Å². The lowest BCUT2D eigenvalue weighted by molar-refractivity contribution is 0.574. The summed E-state index contributed by atoms with van der Waals surface area (Å²) in [5.41, 5.74) is 2.27. The Bertz CT molecular complexity index is 833. The molecule has 4 nitrogen and oxygen atoms in total. The van der Waals surface area contributed by atoms with Gasteiger partial charge in [0, 0.05) is 42.1 Å². The molecule has 0 aromatic carbocycles. The first-order chi connectivity index (χ1) is 15.2. The van der Waals surface area contributed by atoms with Crippen LogP contribution in [0.25, 0.3) is 0 Å². The predicted octanol–water partition coefficient (Wildman–Crippen LogP) is 6.12. The fourth-order valence-corrected chi connectivity index (χ4v) is 1.83. The van der Waals surface area contributed by atoms with Gasteiger partial charge < -0.3 is 0 Å². The largest absolute Gasteiger partial charge is 0.264 e. The molecule has 0 atom stereocenters. The molecule has 0 saturated carbocycles. The Morgan fingerprint density at radius 2 is 1.16 bits per heavy atom. The van der Waals surface area contributed by atoms with E-state index in [4.69, 9.17) is 0 Å². The zero-order valence-electron chi connectivity index (χ0n) is 18.2. The second-order valence-electron chi connectivity index (χ2n) is 6.43. The molecule has 0 aliphatic carbocycles. The fraction of sp³-hybridized carbons (Fsp3) is 0.167. The van der Waals surface area contributed by atoms with Crippen LogP contribution in [0.3, 0.4) is 0 Å². The topological polar surface area (TPSA) is 51.6 Å². The minimum Gasteiger partial charge on any atom is -0.264 e. The summed E-state index contributed by atoms with van der Waals surface area (Å²) >= 11 is 0. The number of rotatable bonds is 0. The summed E-state index contributed by atoms with van der Waals surface area (Å²) in [7, 11) is 0. The van der Waals surface area contributed by atoms with Gasteiger partial charge in [-0.25, -0.2) is 18.2 Å². The van der Waals surface area contributed by atoms with Gasteiger partial charge in [-0.2, -0.15) is 4.39 Å². The van der Waals surface area contributed by atoms with Crippen LogP contribution in [0.5, 0.6) is 0 Å². The van der Waals surface area contributed by atoms with Crippen LogP contribution in [0.15, 0.2) is 73.6 Å². The van der Waals surface area contributed by atoms with Crippen LogP contribution in [-0.2, 0) is 0 Å². The molecule has 8 heteroatoms. The van der Waals surface area contributed by atoms with Crippen molar-refractivity contribution in [2.75, 3.05) is 0 Å². The summed E-state index contributed by atoms with van der Waals surface area (Å²) in [6.07, 6.45) is 8.70. The third-order valence-electron chi connectivity index (χ3n) is 3.82. The van der Waals surface area contributed by atoms with Gasteiger partial charge in [0.2, 0.25) is 5.95 Å². The summed E-state index contributed by atoms with van der Waals surface area (Å²) in [5, 5.41) is 0. The van der Waals surface area contributed by atoms with E-state index in [0.29, 0.717) is 22.4 Å². The zero-order chi connectivity index (χ0) is 23.9. The second-order valence-corrected chi connectivity index (χ2v) is 6.43. The molecule has 0 amide bonds. The van der Waals surface area contributed by atoms with Crippen molar-refractivity contribution in [1.29, 1.82) is 0 Å². The van der Waals surface area contributed by atoms with E-state index in [-0.39, 0.29) is 23.4 Å². The molecule has 0 aliphatic heterocycles. The maximum absolute atomic E-state index is 12.3. The number of halogens is 4. The second kappa shape index (κ2) is 14.3. The third-order valence-corrected chi connectivity index (χ3v) is 3.82. The van der Waals surface area contributed by atoms with Crippen molar-refractivity contribution in [3.63, 3.8) is 0 Å². The normalized spacial score (nSPS) is 9.25. The van der Waals surface area contributed by atoms with Crippen molar-refractivity contribution in [2.45, 2.75) is 27.7 Å². The lowest BCUT2D eigenvalue weighted by Crippen LogP contribution is -1.83. The Hall–Kier alpha value is -3.68. The average molecular weight is 444 g/mol. The van der Waals surface area contributed by atoms with Crippen molar-refractivity contribution in [1.82, 2.24) is 19.9 Å². The lowest BCUT2D eigenvalue weighted by Gasteiger charge is -1.88. The van der Waals surface area contributed by atoms with Crippen molar-refractivity contribution >= 4 is 0 Å². The molecule has 4 heterocycles. The van der Waals surface area contributed by atoms with Crippen LogP contribution in [0.4, 0.5) is 17.6 Å². The minimum absolute atomic E-state index is 0.194. The van der Waals surface area contributed by atoms with Crippen LogP contribution >= 0.6 is 0 Å². The van der Waals surface area contributed by atoms with Gasteiger partial charge in [-0.1, -0.05) is 6.07 Å². The van der Waals surface area contributed by atoms with E-state index in [1.54, 1.807) is 64.4 Å². The van der Waals surface area contributed by atoms with Crippen molar-refractivity contribution in [3.05, 3.63) is 119 Å². The maximum atomic E-state index is 12.3. The molecule has 0 N–H and O–H groups in total. The molecule has 0 fully saturated rings. The van der Waals surface area contributed by atoms with Gasteiger partial charge in [0.15, 0.2) is 0 Å². The summed E-state index contributed by atoms with van der Waals surface area (Å²) in [6, 6.07) is 9.33. The highest BCUT2D eigenvalue weighted by Gasteiger charge is 1.92. The molecule has 0 spiro atoms. The van der Waals surface area contributed by atoms with Gasteiger partial charge in [0.25, 0.3) is 0 Å². The van der Waals surface area contributed by atoms with Crippen LogP contribution in [0.2, 0.25) is 0 Å². The molecule has 0 radical (unpaired) electrons. The molecule has 0 aliphatic rings. The predicted molar refractivity (Wildman–Crippen MR) is 116 cm³/mol. The van der Waals surface area contributed by atoms with E-state index in [1.165, 1.54) is 36.9 Å². The van der Waals surface area contributed by atoms with E-state index in [0.717, 1.165) is 0 Å². The monoisotopic (exact) mass is 444 g/mol. The summed E-state index contributed by atoms with van der Waals surface area (Å²) < 4.78 is 49.0. The Morgan fingerprint density at radius 1 is 0.531 bits per heavy atom. The number of hydrogen-bond donors (Lipinski definition) is 0. The quantitative estimate of drug-likeness (QED) is 0.242. The lowest BCUT2D eigenvalue weighted by atomic mass is 10.3. The fourth-order valence-electron chi connectivity index (χ4n) is 1.83. The number of nitrogens with zero attached hydrogens (tertiary/aromatic N) is 4. The first-order valence-electron chi connectivity index (χ1n) is 9.48. The smallest absolute Gasteiger partial charge is 0.215 e. The number of hydrogen-bond acceptors (Lipinski definition) is 4. The molecule has 0 saturated heterocycles. The molecule has 0 bridgehead atoms. The highest BCUT2D eigenvalue weighted by atomic mass is 19.1. The number of pyridine rings is 4. The van der Waals surface area contributed by atoms with Gasteiger partial charge in [-0.3, -0.25) is 15.0 Å². The van der Waals surface area contributed by atoms with E-state index in [9.17, 15) is 17.6 Å². The average Bonchev–Trinajstić information content (AvgIpc) is 2.78. The van der Waals surface area contributed by atoms with E-state index in [2.05, 4.69) is 19.9 Å². The van der Waals surface area contributed by atoms with Gasteiger partial charge in [-0.05, 0) is 63.6 Å². The number of aryl methyl sites for hydroxylation is 4. The van der Waals surface area contributed by atoms with Crippen molar-refractivity contribution in [3.8, 4) is 0 Å². The van der Waals surface area contributed by atoms with Crippen molar-refractivity contribution < 1.29 is 17.6 Å². The zero-order valence-corrected chi connectivity index (χ0v) is 18.2. The Balaban J connectivity index is 0.000000213. The molecule has 4 aromatic heterocycles. The van der Waals surface area contributed by atoms with Crippen LogP contribution < -0.4 is 0 Å². The van der Waals surface area contributed by atoms with Crippen molar-refractivity contribution in [2.24, 2.45) is 0 Å². The first kappa shape index (κ1) is 26.4. The minimum atomic E-state index is -0.382. The standard InChI is InChI=1S/4C6H6FN/c1-5-4-8-3-2-6(5)7;1-5-2-3-8-4-6(5)7;1-5-6(7)3-2-4-8-5;1-5-3-2-4-8-6(5)7/h4*2-4H,1H3. The van der Waals surface area contributed by atoms with E-state index < -0.39 is 0 Å². The van der Waals surface area contributed by atoms with Gasteiger partial charge in [0.1, 0.15) is 17.5 Å². The summed E-state index contributed by atoms with van der Waals surface area (Å²) in [6.45, 7) is 6.71. The molecule has 4 rings (SSSR count). The first-order valence-corrected chi connectivity index (χ1v) is 9.48. The molecular weight excluding hydrogens is 420 g/mol. The number of aromatic nitrogens is 4. The molecule has 0 unspecified atom stereocenters. The maximum Gasteiger partial charge on any atom is 0.215 e. The van der Waals surface area contributed by atoms with Gasteiger partial charge in [0.05, 0.1) is 11.9 Å². The third kappa shape index (κ3) is 10.4.